The number of carbonyl (C=O) groups excluding carboxylic acids is 1. The molecule has 0 radical (unpaired) electrons. The minimum absolute atomic E-state index is 0.128. The van der Waals surface area contributed by atoms with E-state index in [9.17, 15) is 4.79 Å². The second-order valence-electron chi connectivity index (χ2n) is 3.91. The van der Waals surface area contributed by atoms with Crippen LogP contribution >= 0.6 is 0 Å². The zero-order chi connectivity index (χ0) is 12.4. The Morgan fingerprint density at radius 1 is 1.53 bits per heavy atom. The molecule has 0 aliphatic carbocycles. The highest BCUT2D eigenvalue weighted by molar-refractivity contribution is 6.16. The Morgan fingerprint density at radius 2 is 2.29 bits per heavy atom. The van der Waals surface area contributed by atoms with E-state index >= 15 is 0 Å². The summed E-state index contributed by atoms with van der Waals surface area (Å²) in [4.78, 5) is 20.3. The molecule has 1 aliphatic rings. The van der Waals surface area contributed by atoms with Gasteiger partial charge in [0.05, 0.1) is 11.4 Å². The van der Waals surface area contributed by atoms with Crippen molar-refractivity contribution in [2.24, 2.45) is 10.7 Å². The lowest BCUT2D eigenvalue weighted by Gasteiger charge is -2.07. The molecule has 0 aromatic carbocycles. The molecule has 0 fully saturated rings. The lowest BCUT2D eigenvalue weighted by Crippen LogP contribution is -2.22. The fourth-order valence-corrected chi connectivity index (χ4v) is 1.67. The minimum Gasteiger partial charge on any atom is -0.405 e. The summed E-state index contributed by atoms with van der Waals surface area (Å²) in [6, 6.07) is 1.39. The molecule has 17 heavy (non-hydrogen) atoms. The van der Waals surface area contributed by atoms with E-state index in [4.69, 9.17) is 5.73 Å². The zero-order valence-electron chi connectivity index (χ0n) is 9.77. The third kappa shape index (κ3) is 2.18. The Bertz CT molecular complexity index is 519. The summed E-state index contributed by atoms with van der Waals surface area (Å²) in [6.45, 7) is 3.61. The topological polar surface area (TPSA) is 80.4 Å². The normalized spacial score (nSPS) is 19.5. The Labute approximate surface area is 99.5 Å². The predicted octanol–water partition coefficient (Wildman–Crippen LogP) is 0.992. The van der Waals surface area contributed by atoms with Crippen molar-refractivity contribution in [3.05, 3.63) is 35.8 Å². The molecule has 1 aromatic rings. The fraction of sp³-hybridized carbons (Fsp3) is 0.250. The van der Waals surface area contributed by atoms with Gasteiger partial charge in [0.1, 0.15) is 6.04 Å². The summed E-state index contributed by atoms with van der Waals surface area (Å²) < 4.78 is 0. The van der Waals surface area contributed by atoms with Gasteiger partial charge < -0.3 is 11.1 Å². The number of nitrogens with zero attached hydrogens (tertiary/aromatic N) is 2. The van der Waals surface area contributed by atoms with Crippen LogP contribution < -0.4 is 11.1 Å². The number of fused-ring (bicyclic) bond motifs is 1. The Morgan fingerprint density at radius 3 is 3.00 bits per heavy atom. The minimum atomic E-state index is -0.436. The fourth-order valence-electron chi connectivity index (χ4n) is 1.67. The van der Waals surface area contributed by atoms with E-state index in [1.165, 1.54) is 6.20 Å². The monoisotopic (exact) mass is 230 g/mol. The molecule has 88 valence electrons. The third-order valence-corrected chi connectivity index (χ3v) is 2.54. The molecular formula is C12H14N4O. The van der Waals surface area contributed by atoms with E-state index in [2.05, 4.69) is 15.3 Å². The predicted molar refractivity (Wildman–Crippen MR) is 66.9 cm³/mol. The van der Waals surface area contributed by atoms with E-state index in [0.29, 0.717) is 5.71 Å². The molecule has 5 heteroatoms. The average Bonchev–Trinajstić information content (AvgIpc) is 2.38. The first-order valence-corrected chi connectivity index (χ1v) is 5.36. The van der Waals surface area contributed by atoms with E-state index in [1.54, 1.807) is 19.2 Å². The lowest BCUT2D eigenvalue weighted by atomic mass is 10.1. The van der Waals surface area contributed by atoms with Crippen molar-refractivity contribution in [2.75, 3.05) is 5.32 Å². The van der Waals surface area contributed by atoms with Crippen LogP contribution in [-0.2, 0) is 4.79 Å². The number of hydrogen-bond donors (Lipinski definition) is 2. The number of hydrogen-bond acceptors (Lipinski definition) is 4. The Hall–Kier alpha value is -2.17. The third-order valence-electron chi connectivity index (χ3n) is 2.54. The van der Waals surface area contributed by atoms with Crippen molar-refractivity contribution < 1.29 is 4.79 Å². The van der Waals surface area contributed by atoms with Gasteiger partial charge in [-0.3, -0.25) is 14.8 Å². The summed E-state index contributed by atoms with van der Waals surface area (Å²) in [7, 11) is 0. The maximum absolute atomic E-state index is 11.7. The van der Waals surface area contributed by atoms with Gasteiger partial charge in [-0.2, -0.15) is 0 Å². The zero-order valence-corrected chi connectivity index (χ0v) is 9.77. The second-order valence-corrected chi connectivity index (χ2v) is 3.91. The van der Waals surface area contributed by atoms with E-state index in [1.807, 2.05) is 13.0 Å². The lowest BCUT2D eigenvalue weighted by molar-refractivity contribution is -0.116. The van der Waals surface area contributed by atoms with Crippen molar-refractivity contribution in [1.29, 1.82) is 0 Å². The Balaban J connectivity index is 2.59. The Kier molecular flexibility index (Phi) is 2.91. The maximum Gasteiger partial charge on any atom is 0.248 e. The first-order valence-electron chi connectivity index (χ1n) is 5.36. The van der Waals surface area contributed by atoms with Gasteiger partial charge in [0.25, 0.3) is 0 Å². The highest BCUT2D eigenvalue weighted by Gasteiger charge is 2.20. The summed E-state index contributed by atoms with van der Waals surface area (Å²) in [6.07, 6.45) is 4.78. The number of amides is 1. The van der Waals surface area contributed by atoms with Gasteiger partial charge in [-0.05, 0) is 32.2 Å². The van der Waals surface area contributed by atoms with Crippen molar-refractivity contribution >= 4 is 17.3 Å². The summed E-state index contributed by atoms with van der Waals surface area (Å²) in [5, 5.41) is 2.83. The number of anilines is 1. The van der Waals surface area contributed by atoms with E-state index in [0.717, 1.165) is 16.9 Å². The molecule has 1 amide bonds. The number of pyridine rings is 1. The number of nitrogens with two attached hydrogens (primary N) is 1. The molecule has 5 nitrogen and oxygen atoms in total. The molecule has 1 unspecified atom stereocenters. The molecule has 0 saturated carbocycles. The molecule has 1 aromatic heterocycles. The van der Waals surface area contributed by atoms with Crippen LogP contribution in [0.2, 0.25) is 0 Å². The summed E-state index contributed by atoms with van der Waals surface area (Å²) >= 11 is 0. The smallest absolute Gasteiger partial charge is 0.248 e. The van der Waals surface area contributed by atoms with Gasteiger partial charge in [0.15, 0.2) is 0 Å². The first kappa shape index (κ1) is 11.3. The molecule has 1 aliphatic heterocycles. The van der Waals surface area contributed by atoms with Crippen LogP contribution in [-0.4, -0.2) is 22.6 Å². The van der Waals surface area contributed by atoms with Crippen LogP contribution in [0.25, 0.3) is 0 Å². The van der Waals surface area contributed by atoms with Crippen LogP contribution in [0.4, 0.5) is 5.69 Å². The first-order chi connectivity index (χ1) is 8.11. The van der Waals surface area contributed by atoms with E-state index < -0.39 is 6.04 Å². The summed E-state index contributed by atoms with van der Waals surface area (Å²) in [5.74, 6) is -0.128. The molecule has 2 heterocycles. The number of nitrogens with one attached hydrogen (secondary N) is 1. The number of aliphatic imine (C=N–C) groups is 1. The summed E-state index contributed by atoms with van der Waals surface area (Å²) in [5.41, 5.74) is 8.41. The number of aryl methyl sites for hydroxylation is 1. The number of allylic oxidation sites excluding steroid dienone is 1. The molecule has 0 saturated heterocycles. The van der Waals surface area contributed by atoms with Crippen molar-refractivity contribution in [1.82, 2.24) is 4.98 Å². The van der Waals surface area contributed by atoms with Gasteiger partial charge in [-0.15, -0.1) is 0 Å². The van der Waals surface area contributed by atoms with Gasteiger partial charge in [0, 0.05) is 17.5 Å². The number of aromatic nitrogens is 1. The quantitative estimate of drug-likeness (QED) is 0.755. The van der Waals surface area contributed by atoms with E-state index in [-0.39, 0.29) is 5.91 Å². The van der Waals surface area contributed by atoms with Crippen LogP contribution in [0.1, 0.15) is 18.2 Å². The maximum atomic E-state index is 11.7. The van der Waals surface area contributed by atoms with Crippen LogP contribution in [0, 0.1) is 6.92 Å². The standard InChI is InChI=1S/C12H14N4O/c1-7-5-11-9(6-14-7)10(3-4-13)15-8(2)12(17)16-11/h3-6,8H,13H2,1-2H3,(H,16,17)/b4-3-. The highest BCUT2D eigenvalue weighted by atomic mass is 16.2. The molecule has 1 atom stereocenters. The van der Waals surface area contributed by atoms with Gasteiger partial charge >= 0.3 is 0 Å². The molecule has 3 N–H and O–H groups in total. The van der Waals surface area contributed by atoms with Crippen LogP contribution in [0.5, 0.6) is 0 Å². The van der Waals surface area contributed by atoms with Crippen LogP contribution in [0.3, 0.4) is 0 Å². The average molecular weight is 230 g/mol. The SMILES string of the molecule is Cc1cc2c(cn1)C(/C=C\N)=NC(C)C(=O)N2. The molecule has 2 rings (SSSR count). The largest absolute Gasteiger partial charge is 0.405 e. The highest BCUT2D eigenvalue weighted by Crippen LogP contribution is 2.21. The number of carbonyl (C=O) groups is 1. The number of rotatable bonds is 1. The van der Waals surface area contributed by atoms with Crippen molar-refractivity contribution in [3.63, 3.8) is 0 Å². The van der Waals surface area contributed by atoms with Crippen LogP contribution in [0.15, 0.2) is 29.5 Å². The molecule has 0 spiro atoms. The van der Waals surface area contributed by atoms with Crippen molar-refractivity contribution in [3.8, 4) is 0 Å². The van der Waals surface area contributed by atoms with Gasteiger partial charge in [-0.1, -0.05) is 0 Å². The molecular weight excluding hydrogens is 216 g/mol. The molecule has 0 bridgehead atoms. The van der Waals surface area contributed by atoms with Gasteiger partial charge in [-0.25, -0.2) is 0 Å². The van der Waals surface area contributed by atoms with Crippen molar-refractivity contribution in [2.45, 2.75) is 19.9 Å². The van der Waals surface area contributed by atoms with Gasteiger partial charge in [0.2, 0.25) is 5.91 Å². The second kappa shape index (κ2) is 4.37.